The zero-order valence-electron chi connectivity index (χ0n) is 14.3. The molecule has 1 N–H and O–H groups in total. The SMILES string of the molecule is CCC1(CC)CN(C2CCCCC2C(C)C)CCCN1. The molecule has 2 rings (SSSR count). The first kappa shape index (κ1) is 16.3. The molecule has 2 unspecified atom stereocenters. The topological polar surface area (TPSA) is 15.3 Å². The lowest BCUT2D eigenvalue weighted by Gasteiger charge is -2.45. The van der Waals surface area contributed by atoms with Crippen LogP contribution in [0.4, 0.5) is 0 Å². The fourth-order valence-corrected chi connectivity index (χ4v) is 4.54. The summed E-state index contributed by atoms with van der Waals surface area (Å²) in [5.74, 6) is 1.77. The number of rotatable bonds is 4. The molecule has 1 saturated carbocycles. The number of nitrogens with one attached hydrogen (secondary N) is 1. The monoisotopic (exact) mass is 280 g/mol. The highest BCUT2D eigenvalue weighted by atomic mass is 15.2. The van der Waals surface area contributed by atoms with Crippen LogP contribution < -0.4 is 5.32 Å². The van der Waals surface area contributed by atoms with Gasteiger partial charge in [-0.1, -0.05) is 40.5 Å². The molecule has 2 aliphatic rings. The van der Waals surface area contributed by atoms with Crippen molar-refractivity contribution >= 4 is 0 Å². The zero-order valence-corrected chi connectivity index (χ0v) is 14.3. The van der Waals surface area contributed by atoms with Gasteiger partial charge in [-0.15, -0.1) is 0 Å². The molecule has 118 valence electrons. The summed E-state index contributed by atoms with van der Waals surface area (Å²) in [5, 5.41) is 3.87. The Labute approximate surface area is 126 Å². The standard InChI is InChI=1S/C18H36N2/c1-5-18(6-2)14-20(13-9-12-19-18)17-11-8-7-10-16(17)15(3)4/h15-17,19H,5-14H2,1-4H3. The van der Waals surface area contributed by atoms with Crippen molar-refractivity contribution in [3.63, 3.8) is 0 Å². The van der Waals surface area contributed by atoms with E-state index in [1.165, 1.54) is 64.6 Å². The lowest BCUT2D eigenvalue weighted by Crippen LogP contribution is -2.54. The van der Waals surface area contributed by atoms with E-state index in [4.69, 9.17) is 0 Å². The first-order chi connectivity index (χ1) is 9.62. The second kappa shape index (κ2) is 7.26. The van der Waals surface area contributed by atoms with Gasteiger partial charge < -0.3 is 5.32 Å². The van der Waals surface area contributed by atoms with E-state index in [1.54, 1.807) is 0 Å². The van der Waals surface area contributed by atoms with Crippen molar-refractivity contribution in [1.29, 1.82) is 0 Å². The second-order valence-corrected chi connectivity index (χ2v) is 7.50. The molecular weight excluding hydrogens is 244 g/mol. The summed E-state index contributed by atoms with van der Waals surface area (Å²) in [5.41, 5.74) is 0.371. The Balaban J connectivity index is 2.11. The van der Waals surface area contributed by atoms with Crippen molar-refractivity contribution in [3.8, 4) is 0 Å². The minimum absolute atomic E-state index is 0.371. The molecule has 0 aromatic heterocycles. The Morgan fingerprint density at radius 2 is 1.80 bits per heavy atom. The van der Waals surface area contributed by atoms with Gasteiger partial charge in [-0.25, -0.2) is 0 Å². The van der Waals surface area contributed by atoms with Crippen LogP contribution >= 0.6 is 0 Å². The summed E-state index contributed by atoms with van der Waals surface area (Å²) in [6.07, 6.45) is 9.65. The van der Waals surface area contributed by atoms with Gasteiger partial charge in [-0.2, -0.15) is 0 Å². The first-order valence-electron chi connectivity index (χ1n) is 9.11. The Bertz CT molecular complexity index is 283. The van der Waals surface area contributed by atoms with E-state index in [2.05, 4.69) is 37.9 Å². The third-order valence-corrected chi connectivity index (χ3v) is 6.09. The van der Waals surface area contributed by atoms with Gasteiger partial charge in [-0.3, -0.25) is 4.90 Å². The minimum Gasteiger partial charge on any atom is -0.310 e. The van der Waals surface area contributed by atoms with E-state index >= 15 is 0 Å². The van der Waals surface area contributed by atoms with Crippen LogP contribution in [0.2, 0.25) is 0 Å². The summed E-state index contributed by atoms with van der Waals surface area (Å²) >= 11 is 0. The van der Waals surface area contributed by atoms with Crippen molar-refractivity contribution in [3.05, 3.63) is 0 Å². The summed E-state index contributed by atoms with van der Waals surface area (Å²) in [4.78, 5) is 2.87. The fraction of sp³-hybridized carbons (Fsp3) is 1.00. The maximum atomic E-state index is 3.87. The largest absolute Gasteiger partial charge is 0.310 e. The van der Waals surface area contributed by atoms with E-state index in [0.29, 0.717) is 5.54 Å². The average molecular weight is 280 g/mol. The third kappa shape index (κ3) is 3.57. The van der Waals surface area contributed by atoms with Gasteiger partial charge in [0.25, 0.3) is 0 Å². The van der Waals surface area contributed by atoms with E-state index in [-0.39, 0.29) is 0 Å². The minimum atomic E-state index is 0.371. The first-order valence-corrected chi connectivity index (χ1v) is 9.11. The van der Waals surface area contributed by atoms with E-state index in [9.17, 15) is 0 Å². The molecule has 2 atom stereocenters. The maximum absolute atomic E-state index is 3.87. The molecule has 2 nitrogen and oxygen atoms in total. The quantitative estimate of drug-likeness (QED) is 0.835. The van der Waals surface area contributed by atoms with Gasteiger partial charge in [0, 0.05) is 18.1 Å². The molecule has 0 radical (unpaired) electrons. The summed E-state index contributed by atoms with van der Waals surface area (Å²) in [6.45, 7) is 13.4. The summed E-state index contributed by atoms with van der Waals surface area (Å²) in [7, 11) is 0. The fourth-order valence-electron chi connectivity index (χ4n) is 4.54. The van der Waals surface area contributed by atoms with Gasteiger partial charge in [0.1, 0.15) is 0 Å². The lowest BCUT2D eigenvalue weighted by atomic mass is 9.76. The molecule has 20 heavy (non-hydrogen) atoms. The highest BCUT2D eigenvalue weighted by molar-refractivity contribution is 4.95. The van der Waals surface area contributed by atoms with Crippen LogP contribution in [-0.2, 0) is 0 Å². The Morgan fingerprint density at radius 3 is 2.45 bits per heavy atom. The highest BCUT2D eigenvalue weighted by Gasteiger charge is 2.37. The Morgan fingerprint density at radius 1 is 1.10 bits per heavy atom. The van der Waals surface area contributed by atoms with Crippen LogP contribution in [0.25, 0.3) is 0 Å². The molecule has 2 heteroatoms. The molecule has 1 heterocycles. The summed E-state index contributed by atoms with van der Waals surface area (Å²) in [6, 6.07) is 0.848. The lowest BCUT2D eigenvalue weighted by molar-refractivity contribution is 0.0606. The van der Waals surface area contributed by atoms with Crippen LogP contribution in [0.3, 0.4) is 0 Å². The van der Waals surface area contributed by atoms with Gasteiger partial charge in [0.2, 0.25) is 0 Å². The molecule has 0 amide bonds. The molecule has 1 aliphatic heterocycles. The van der Waals surface area contributed by atoms with Crippen molar-refractivity contribution in [2.24, 2.45) is 11.8 Å². The highest BCUT2D eigenvalue weighted by Crippen LogP contribution is 2.35. The predicted molar refractivity (Wildman–Crippen MR) is 88.1 cm³/mol. The molecule has 1 saturated heterocycles. The van der Waals surface area contributed by atoms with Crippen LogP contribution in [0.1, 0.15) is 72.6 Å². The normalized spacial score (nSPS) is 32.2. The Kier molecular flexibility index (Phi) is 5.92. The zero-order chi connectivity index (χ0) is 14.6. The van der Waals surface area contributed by atoms with Gasteiger partial charge in [-0.05, 0) is 57.0 Å². The molecule has 0 bridgehead atoms. The maximum Gasteiger partial charge on any atom is 0.0303 e. The molecule has 2 fully saturated rings. The molecule has 0 aromatic rings. The van der Waals surface area contributed by atoms with Crippen molar-refractivity contribution in [1.82, 2.24) is 10.2 Å². The van der Waals surface area contributed by atoms with Crippen molar-refractivity contribution in [2.45, 2.75) is 84.2 Å². The van der Waals surface area contributed by atoms with Crippen LogP contribution in [-0.4, -0.2) is 36.1 Å². The molecule has 0 aromatic carbocycles. The third-order valence-electron chi connectivity index (χ3n) is 6.09. The molecule has 0 spiro atoms. The van der Waals surface area contributed by atoms with Crippen LogP contribution in [0, 0.1) is 11.8 Å². The molecule has 1 aliphatic carbocycles. The van der Waals surface area contributed by atoms with Crippen molar-refractivity contribution in [2.75, 3.05) is 19.6 Å². The number of hydrogen-bond acceptors (Lipinski definition) is 2. The second-order valence-electron chi connectivity index (χ2n) is 7.50. The van der Waals surface area contributed by atoms with E-state index in [0.717, 1.165) is 17.9 Å². The van der Waals surface area contributed by atoms with Gasteiger partial charge in [0.05, 0.1) is 0 Å². The van der Waals surface area contributed by atoms with Gasteiger partial charge in [0.15, 0.2) is 0 Å². The smallest absolute Gasteiger partial charge is 0.0303 e. The number of nitrogens with zero attached hydrogens (tertiary/aromatic N) is 1. The molecular formula is C18H36N2. The van der Waals surface area contributed by atoms with Crippen molar-refractivity contribution < 1.29 is 0 Å². The van der Waals surface area contributed by atoms with E-state index in [1.807, 2.05) is 0 Å². The Hall–Kier alpha value is -0.0800. The van der Waals surface area contributed by atoms with Gasteiger partial charge >= 0.3 is 0 Å². The predicted octanol–water partition coefficient (Wildman–Crippen LogP) is 4.06. The van der Waals surface area contributed by atoms with Crippen LogP contribution in [0.15, 0.2) is 0 Å². The average Bonchev–Trinajstić information content (AvgIpc) is 2.70. The number of hydrogen-bond donors (Lipinski definition) is 1. The van der Waals surface area contributed by atoms with Crippen LogP contribution in [0.5, 0.6) is 0 Å². The summed E-state index contributed by atoms with van der Waals surface area (Å²) < 4.78 is 0. The van der Waals surface area contributed by atoms with E-state index < -0.39 is 0 Å².